The Morgan fingerprint density at radius 2 is 1.82 bits per heavy atom. The molecule has 1 aliphatic carbocycles. The summed E-state index contributed by atoms with van der Waals surface area (Å²) < 4.78 is 23.9. The summed E-state index contributed by atoms with van der Waals surface area (Å²) in [5, 5.41) is 8.70. The molecule has 0 amide bonds. The van der Waals surface area contributed by atoms with Crippen molar-refractivity contribution in [2.75, 3.05) is 12.4 Å². The standard InChI is InChI=1S/C13H18O3S/c14-8-3-9-17(15,16)13-7-6-11-4-1-2-5-12(11)10-13/h6-7,10,14H,1-5,8-9H2. The van der Waals surface area contributed by atoms with Gasteiger partial charge in [0.15, 0.2) is 9.84 Å². The molecule has 0 heterocycles. The van der Waals surface area contributed by atoms with Gasteiger partial charge in [0.2, 0.25) is 0 Å². The largest absolute Gasteiger partial charge is 0.396 e. The number of aliphatic hydroxyl groups excluding tert-OH is 1. The number of rotatable bonds is 4. The van der Waals surface area contributed by atoms with Crippen molar-refractivity contribution in [3.05, 3.63) is 29.3 Å². The van der Waals surface area contributed by atoms with Crippen molar-refractivity contribution in [3.8, 4) is 0 Å². The highest BCUT2D eigenvalue weighted by molar-refractivity contribution is 7.91. The monoisotopic (exact) mass is 254 g/mol. The molecule has 1 aromatic carbocycles. The number of aliphatic hydroxyl groups is 1. The van der Waals surface area contributed by atoms with E-state index in [1.165, 1.54) is 17.5 Å². The highest BCUT2D eigenvalue weighted by Crippen LogP contribution is 2.24. The number of hydrogen-bond acceptors (Lipinski definition) is 3. The van der Waals surface area contributed by atoms with Crippen LogP contribution in [0.4, 0.5) is 0 Å². The summed E-state index contributed by atoms with van der Waals surface area (Å²) in [6, 6.07) is 5.47. The minimum Gasteiger partial charge on any atom is -0.396 e. The summed E-state index contributed by atoms with van der Waals surface area (Å²) in [4.78, 5) is 0.409. The molecule has 0 fully saturated rings. The van der Waals surface area contributed by atoms with Gasteiger partial charge in [0, 0.05) is 6.61 Å². The topological polar surface area (TPSA) is 54.4 Å². The Balaban J connectivity index is 2.27. The van der Waals surface area contributed by atoms with E-state index in [4.69, 9.17) is 5.11 Å². The molecular weight excluding hydrogens is 236 g/mol. The van der Waals surface area contributed by atoms with E-state index >= 15 is 0 Å². The fourth-order valence-corrected chi connectivity index (χ4v) is 3.62. The van der Waals surface area contributed by atoms with E-state index in [1.807, 2.05) is 12.1 Å². The van der Waals surface area contributed by atoms with Crippen LogP contribution in [0.3, 0.4) is 0 Å². The van der Waals surface area contributed by atoms with Crippen LogP contribution < -0.4 is 0 Å². The minimum atomic E-state index is -3.22. The Hall–Kier alpha value is -0.870. The van der Waals surface area contributed by atoms with Gasteiger partial charge in [0.05, 0.1) is 10.6 Å². The third-order valence-corrected chi connectivity index (χ3v) is 5.05. The van der Waals surface area contributed by atoms with Gasteiger partial charge in [-0.25, -0.2) is 8.42 Å². The van der Waals surface area contributed by atoms with Crippen LogP contribution in [0.25, 0.3) is 0 Å². The van der Waals surface area contributed by atoms with Crippen LogP contribution in [-0.2, 0) is 22.7 Å². The molecule has 1 aliphatic rings. The smallest absolute Gasteiger partial charge is 0.178 e. The Morgan fingerprint density at radius 3 is 2.53 bits per heavy atom. The summed E-state index contributed by atoms with van der Waals surface area (Å²) in [7, 11) is -3.22. The van der Waals surface area contributed by atoms with Gasteiger partial charge in [-0.3, -0.25) is 0 Å². The van der Waals surface area contributed by atoms with Crippen LogP contribution in [0.1, 0.15) is 30.4 Å². The van der Waals surface area contributed by atoms with Crippen molar-refractivity contribution in [2.45, 2.75) is 37.0 Å². The van der Waals surface area contributed by atoms with Gasteiger partial charge in [0.25, 0.3) is 0 Å². The minimum absolute atomic E-state index is 0.0300. The average molecular weight is 254 g/mol. The number of hydrogen-bond donors (Lipinski definition) is 1. The van der Waals surface area contributed by atoms with Gasteiger partial charge in [-0.05, 0) is 55.4 Å². The molecule has 2 rings (SSSR count). The fourth-order valence-electron chi connectivity index (χ4n) is 2.28. The predicted octanol–water partition coefficient (Wildman–Crippen LogP) is 1.72. The van der Waals surface area contributed by atoms with Crippen molar-refractivity contribution < 1.29 is 13.5 Å². The Kier molecular flexibility index (Phi) is 3.84. The first-order valence-electron chi connectivity index (χ1n) is 6.09. The molecule has 3 nitrogen and oxygen atoms in total. The summed E-state index contributed by atoms with van der Waals surface area (Å²) in [6.45, 7) is -0.0792. The Labute approximate surface area is 102 Å². The molecule has 0 aliphatic heterocycles. The van der Waals surface area contributed by atoms with Crippen molar-refractivity contribution in [2.24, 2.45) is 0 Å². The highest BCUT2D eigenvalue weighted by Gasteiger charge is 2.17. The molecule has 4 heteroatoms. The lowest BCUT2D eigenvalue weighted by molar-refractivity contribution is 0.295. The van der Waals surface area contributed by atoms with Gasteiger partial charge in [-0.2, -0.15) is 0 Å². The van der Waals surface area contributed by atoms with Crippen molar-refractivity contribution >= 4 is 9.84 Å². The molecular formula is C13H18O3S. The first-order valence-corrected chi connectivity index (χ1v) is 7.74. The summed E-state index contributed by atoms with van der Waals surface area (Å²) in [6.07, 6.45) is 4.70. The molecule has 0 atom stereocenters. The second-order valence-electron chi connectivity index (χ2n) is 4.53. The van der Waals surface area contributed by atoms with E-state index in [9.17, 15) is 8.42 Å². The van der Waals surface area contributed by atoms with Crippen LogP contribution in [0.2, 0.25) is 0 Å². The lowest BCUT2D eigenvalue weighted by atomic mass is 9.92. The molecule has 0 bridgehead atoms. The zero-order valence-electron chi connectivity index (χ0n) is 9.85. The Bertz CT molecular complexity index is 491. The van der Waals surface area contributed by atoms with Gasteiger partial charge in [-0.1, -0.05) is 6.07 Å². The maximum atomic E-state index is 12.0. The van der Waals surface area contributed by atoms with Gasteiger partial charge < -0.3 is 5.11 Å². The van der Waals surface area contributed by atoms with Gasteiger partial charge in [-0.15, -0.1) is 0 Å². The predicted molar refractivity (Wildman–Crippen MR) is 66.8 cm³/mol. The lowest BCUT2D eigenvalue weighted by Gasteiger charge is -2.16. The van der Waals surface area contributed by atoms with Crippen LogP contribution in [0.15, 0.2) is 23.1 Å². The molecule has 0 spiro atoms. The van der Waals surface area contributed by atoms with Crippen LogP contribution >= 0.6 is 0 Å². The molecule has 0 radical (unpaired) electrons. The quantitative estimate of drug-likeness (QED) is 0.890. The SMILES string of the molecule is O=S(=O)(CCCO)c1ccc2c(c1)CCCC2. The zero-order chi connectivity index (χ0) is 12.3. The molecule has 0 unspecified atom stereocenters. The second kappa shape index (κ2) is 5.19. The van der Waals surface area contributed by atoms with Crippen molar-refractivity contribution in [1.82, 2.24) is 0 Å². The van der Waals surface area contributed by atoms with E-state index in [-0.39, 0.29) is 12.4 Å². The number of sulfone groups is 1. The van der Waals surface area contributed by atoms with E-state index in [0.717, 1.165) is 19.3 Å². The van der Waals surface area contributed by atoms with Crippen molar-refractivity contribution in [3.63, 3.8) is 0 Å². The van der Waals surface area contributed by atoms with Gasteiger partial charge in [0.1, 0.15) is 0 Å². The van der Waals surface area contributed by atoms with E-state index in [1.54, 1.807) is 6.07 Å². The van der Waals surface area contributed by atoms with E-state index < -0.39 is 9.84 Å². The number of aryl methyl sites for hydroxylation is 2. The Morgan fingerprint density at radius 1 is 1.12 bits per heavy atom. The molecule has 94 valence electrons. The maximum Gasteiger partial charge on any atom is 0.178 e. The average Bonchev–Trinajstić information content (AvgIpc) is 2.36. The summed E-state index contributed by atoms with van der Waals surface area (Å²) >= 11 is 0. The number of benzene rings is 1. The summed E-state index contributed by atoms with van der Waals surface area (Å²) in [5.74, 6) is 0.0300. The lowest BCUT2D eigenvalue weighted by Crippen LogP contribution is -2.10. The zero-order valence-corrected chi connectivity index (χ0v) is 10.7. The van der Waals surface area contributed by atoms with Crippen molar-refractivity contribution in [1.29, 1.82) is 0 Å². The molecule has 1 aromatic rings. The first kappa shape index (κ1) is 12.6. The molecule has 0 aromatic heterocycles. The van der Waals surface area contributed by atoms with Crippen LogP contribution in [-0.4, -0.2) is 25.9 Å². The molecule has 0 saturated heterocycles. The highest BCUT2D eigenvalue weighted by atomic mass is 32.2. The normalized spacial score (nSPS) is 15.6. The fraction of sp³-hybridized carbons (Fsp3) is 0.538. The van der Waals surface area contributed by atoms with E-state index in [0.29, 0.717) is 11.3 Å². The summed E-state index contributed by atoms with van der Waals surface area (Å²) in [5.41, 5.74) is 2.47. The second-order valence-corrected chi connectivity index (χ2v) is 6.64. The molecule has 17 heavy (non-hydrogen) atoms. The molecule has 1 N–H and O–H groups in total. The third-order valence-electron chi connectivity index (χ3n) is 3.25. The van der Waals surface area contributed by atoms with E-state index in [2.05, 4.69) is 0 Å². The van der Waals surface area contributed by atoms with Gasteiger partial charge >= 0.3 is 0 Å². The van der Waals surface area contributed by atoms with Crippen LogP contribution in [0.5, 0.6) is 0 Å². The first-order chi connectivity index (χ1) is 8.13. The maximum absolute atomic E-state index is 12.0. The molecule has 0 saturated carbocycles. The third kappa shape index (κ3) is 2.87. The van der Waals surface area contributed by atoms with Crippen LogP contribution in [0, 0.1) is 0 Å². The number of fused-ring (bicyclic) bond motifs is 1.